The van der Waals surface area contributed by atoms with Crippen LogP contribution < -0.4 is 5.32 Å². The fraction of sp³-hybridized carbons (Fsp3) is 0.389. The Kier molecular flexibility index (Phi) is 3.68. The number of carbonyl (C=O) groups is 1. The van der Waals surface area contributed by atoms with Crippen molar-refractivity contribution in [3.05, 3.63) is 41.8 Å². The summed E-state index contributed by atoms with van der Waals surface area (Å²) < 4.78 is 16.1. The molecule has 6 nitrogen and oxygen atoms in total. The highest BCUT2D eigenvalue weighted by atomic mass is 19.1. The van der Waals surface area contributed by atoms with Crippen LogP contribution in [0.1, 0.15) is 29.6 Å². The van der Waals surface area contributed by atoms with E-state index in [9.17, 15) is 14.4 Å². The van der Waals surface area contributed by atoms with Gasteiger partial charge in [0, 0.05) is 24.8 Å². The number of hydrogen-bond donors (Lipinski definition) is 1. The Balaban J connectivity index is 1.50. The molecule has 1 aromatic carbocycles. The second kappa shape index (κ2) is 5.88. The van der Waals surface area contributed by atoms with Gasteiger partial charge in [-0.05, 0) is 37.5 Å². The van der Waals surface area contributed by atoms with Crippen molar-refractivity contribution >= 4 is 5.91 Å². The van der Waals surface area contributed by atoms with Gasteiger partial charge in [-0.15, -0.1) is 0 Å². The van der Waals surface area contributed by atoms with E-state index >= 15 is 0 Å². The number of aromatic nitrogens is 2. The molecule has 0 radical (unpaired) electrons. The molecule has 1 amide bonds. The highest BCUT2D eigenvalue weighted by Gasteiger charge is 2.46. The zero-order valence-electron chi connectivity index (χ0n) is 13.8. The molecule has 25 heavy (non-hydrogen) atoms. The van der Waals surface area contributed by atoms with Crippen LogP contribution in [0.3, 0.4) is 0 Å². The Labute approximate surface area is 144 Å². The minimum Gasteiger partial charge on any atom is -0.347 e. The fourth-order valence-corrected chi connectivity index (χ4v) is 3.97. The number of halogens is 1. The number of nitrogens with zero attached hydrogens (tertiary/aromatic N) is 4. The van der Waals surface area contributed by atoms with Crippen molar-refractivity contribution in [1.29, 1.82) is 5.26 Å². The predicted octanol–water partition coefficient (Wildman–Crippen LogP) is 2.04. The lowest BCUT2D eigenvalue weighted by atomic mass is 9.95. The lowest BCUT2D eigenvalue weighted by molar-refractivity contribution is 0.0924. The van der Waals surface area contributed by atoms with Gasteiger partial charge >= 0.3 is 0 Å². The molecule has 1 N–H and O–H groups in total. The van der Waals surface area contributed by atoms with Gasteiger partial charge in [0.1, 0.15) is 5.82 Å². The molecule has 0 saturated carbocycles. The van der Waals surface area contributed by atoms with Crippen LogP contribution in [-0.4, -0.2) is 38.7 Å². The third-order valence-corrected chi connectivity index (χ3v) is 5.19. The van der Waals surface area contributed by atoms with Gasteiger partial charge in [0.2, 0.25) is 0 Å². The quantitative estimate of drug-likeness (QED) is 0.869. The van der Waals surface area contributed by atoms with Gasteiger partial charge in [-0.1, -0.05) is 6.07 Å². The monoisotopic (exact) mass is 339 g/mol. The van der Waals surface area contributed by atoms with Crippen LogP contribution in [0.25, 0.3) is 11.3 Å². The molecular formula is C18H18FN5O. The van der Waals surface area contributed by atoms with Crippen molar-refractivity contribution in [2.45, 2.75) is 37.4 Å². The minimum absolute atomic E-state index is 0.0194. The van der Waals surface area contributed by atoms with Crippen molar-refractivity contribution in [3.63, 3.8) is 0 Å². The first kappa shape index (κ1) is 15.6. The third-order valence-electron chi connectivity index (χ3n) is 5.19. The average molecular weight is 339 g/mol. The van der Waals surface area contributed by atoms with Crippen LogP contribution in [-0.2, 0) is 7.05 Å². The van der Waals surface area contributed by atoms with Gasteiger partial charge in [0.15, 0.2) is 6.19 Å². The molecule has 2 aromatic rings. The number of fused-ring (bicyclic) bond motifs is 2. The molecule has 0 aliphatic carbocycles. The van der Waals surface area contributed by atoms with E-state index in [1.165, 1.54) is 12.1 Å². The normalized spacial score (nSPS) is 24.4. The molecule has 7 heteroatoms. The molecule has 0 spiro atoms. The maximum Gasteiger partial charge on any atom is 0.254 e. The van der Waals surface area contributed by atoms with E-state index in [0.29, 0.717) is 11.3 Å². The van der Waals surface area contributed by atoms with Gasteiger partial charge in [0.25, 0.3) is 5.91 Å². The summed E-state index contributed by atoms with van der Waals surface area (Å²) in [6.45, 7) is 0. The van der Waals surface area contributed by atoms with Crippen LogP contribution in [0.15, 0.2) is 30.5 Å². The molecular weight excluding hydrogens is 321 g/mol. The number of hydrogen-bond acceptors (Lipinski definition) is 4. The van der Waals surface area contributed by atoms with Crippen LogP contribution in [0, 0.1) is 17.3 Å². The van der Waals surface area contributed by atoms with Crippen LogP contribution >= 0.6 is 0 Å². The lowest BCUT2D eigenvalue weighted by Crippen LogP contribution is -2.43. The maximum atomic E-state index is 14.4. The Hall–Kier alpha value is -2.88. The number of amides is 1. The van der Waals surface area contributed by atoms with Gasteiger partial charge in [-0.3, -0.25) is 9.48 Å². The number of aryl methyl sites for hydroxylation is 1. The Morgan fingerprint density at radius 2 is 2.24 bits per heavy atom. The second-order valence-electron chi connectivity index (χ2n) is 6.69. The summed E-state index contributed by atoms with van der Waals surface area (Å²) in [5.74, 6) is -0.999. The van der Waals surface area contributed by atoms with Gasteiger partial charge in [0.05, 0.1) is 23.3 Å². The zero-order chi connectivity index (χ0) is 17.6. The first-order chi connectivity index (χ1) is 12.1. The predicted molar refractivity (Wildman–Crippen MR) is 88.7 cm³/mol. The van der Waals surface area contributed by atoms with E-state index in [0.717, 1.165) is 19.3 Å². The second-order valence-corrected chi connectivity index (χ2v) is 6.69. The van der Waals surface area contributed by atoms with E-state index in [4.69, 9.17) is 0 Å². The van der Waals surface area contributed by atoms with Crippen molar-refractivity contribution in [3.8, 4) is 17.5 Å². The molecule has 2 fully saturated rings. The van der Waals surface area contributed by atoms with E-state index < -0.39 is 11.7 Å². The molecule has 2 bridgehead atoms. The van der Waals surface area contributed by atoms with E-state index in [-0.39, 0.29) is 23.7 Å². The summed E-state index contributed by atoms with van der Waals surface area (Å²) >= 11 is 0. The highest BCUT2D eigenvalue weighted by Crippen LogP contribution is 2.37. The van der Waals surface area contributed by atoms with Crippen molar-refractivity contribution in [1.82, 2.24) is 20.0 Å². The molecule has 3 atom stereocenters. The van der Waals surface area contributed by atoms with E-state index in [2.05, 4.69) is 16.6 Å². The lowest BCUT2D eigenvalue weighted by Gasteiger charge is -2.22. The van der Waals surface area contributed by atoms with E-state index in [1.54, 1.807) is 35.0 Å². The molecule has 4 rings (SSSR count). The van der Waals surface area contributed by atoms with E-state index in [1.807, 2.05) is 0 Å². The largest absolute Gasteiger partial charge is 0.347 e. The van der Waals surface area contributed by atoms with Crippen LogP contribution in [0.5, 0.6) is 0 Å². The third kappa shape index (κ3) is 2.64. The first-order valence-electron chi connectivity index (χ1n) is 8.35. The summed E-state index contributed by atoms with van der Waals surface area (Å²) in [5.41, 5.74) is 1.31. The molecule has 3 heterocycles. The van der Waals surface area contributed by atoms with Crippen LogP contribution in [0.4, 0.5) is 4.39 Å². The summed E-state index contributed by atoms with van der Waals surface area (Å²) in [6.07, 6.45) is 6.61. The molecule has 2 aliphatic rings. The van der Waals surface area contributed by atoms with Crippen molar-refractivity contribution < 1.29 is 9.18 Å². The van der Waals surface area contributed by atoms with Crippen molar-refractivity contribution in [2.24, 2.45) is 7.05 Å². The van der Waals surface area contributed by atoms with Gasteiger partial charge in [-0.25, -0.2) is 4.39 Å². The van der Waals surface area contributed by atoms with Crippen molar-refractivity contribution in [2.75, 3.05) is 0 Å². The Morgan fingerprint density at radius 3 is 2.88 bits per heavy atom. The zero-order valence-corrected chi connectivity index (χ0v) is 13.8. The summed E-state index contributed by atoms with van der Waals surface area (Å²) in [5, 5.41) is 16.3. The van der Waals surface area contributed by atoms with Gasteiger partial charge in [-0.2, -0.15) is 10.4 Å². The smallest absolute Gasteiger partial charge is 0.254 e. The fourth-order valence-electron chi connectivity index (χ4n) is 3.97. The average Bonchev–Trinajstić information content (AvgIpc) is 3.28. The number of nitriles is 1. The standard InChI is InChI=1S/C18H18FN5O/c1-23-7-6-15(22-23)11-2-4-13(14(19)8-11)18(25)21-16-9-12-3-5-17(16)24(12)10-20/h2,4,6-8,12,16-17H,3,5,9H2,1H3,(H,21,25)/t12-,16+,17+/m0/s1. The number of carbonyl (C=O) groups excluding carboxylic acids is 1. The molecule has 2 aliphatic heterocycles. The number of benzene rings is 1. The topological polar surface area (TPSA) is 74.0 Å². The molecule has 2 saturated heterocycles. The van der Waals surface area contributed by atoms with Gasteiger partial charge < -0.3 is 10.2 Å². The first-order valence-corrected chi connectivity index (χ1v) is 8.35. The Bertz CT molecular complexity index is 871. The summed E-state index contributed by atoms with van der Waals surface area (Å²) in [7, 11) is 1.79. The maximum absolute atomic E-state index is 14.4. The SMILES string of the molecule is Cn1ccc(-c2ccc(C(=O)N[C@@H]3C[C@@H]4CC[C@H]3N4C#N)c(F)c2)n1. The summed E-state index contributed by atoms with van der Waals surface area (Å²) in [4.78, 5) is 14.2. The number of rotatable bonds is 3. The van der Waals surface area contributed by atoms with Crippen LogP contribution in [0.2, 0.25) is 0 Å². The molecule has 128 valence electrons. The molecule has 1 aromatic heterocycles. The molecule has 0 unspecified atom stereocenters. The minimum atomic E-state index is -0.569. The Morgan fingerprint density at radius 1 is 1.40 bits per heavy atom. The summed E-state index contributed by atoms with van der Waals surface area (Å²) in [6, 6.07) is 6.46. The highest BCUT2D eigenvalue weighted by molar-refractivity contribution is 5.95. The number of nitrogens with one attached hydrogen (secondary N) is 1.